The van der Waals surface area contributed by atoms with Crippen molar-refractivity contribution in [3.8, 4) is 0 Å². The average Bonchev–Trinajstić information content (AvgIpc) is 2.48. The quantitative estimate of drug-likeness (QED) is 0.649. The molecule has 1 saturated heterocycles. The summed E-state index contributed by atoms with van der Waals surface area (Å²) in [6.45, 7) is 8.17. The number of halogens is 1. The zero-order valence-corrected chi connectivity index (χ0v) is 11.3. The largest absolute Gasteiger partial charge is 0.494 e. The lowest BCUT2D eigenvalue weighted by atomic mass is 9.79. The van der Waals surface area contributed by atoms with E-state index in [9.17, 15) is 0 Å². The number of nitrogens with one attached hydrogen (secondary N) is 1. The molecule has 3 nitrogen and oxygen atoms in total. The van der Waals surface area contributed by atoms with E-state index in [1.165, 1.54) is 0 Å². The summed E-state index contributed by atoms with van der Waals surface area (Å²) >= 11 is 5.52. The molecule has 2 rings (SSSR count). The highest BCUT2D eigenvalue weighted by atomic mass is 35.5. The van der Waals surface area contributed by atoms with Crippen molar-refractivity contribution < 1.29 is 9.31 Å². The molecule has 1 aromatic rings. The van der Waals surface area contributed by atoms with E-state index >= 15 is 0 Å². The summed E-state index contributed by atoms with van der Waals surface area (Å²) in [6, 6.07) is 7.69. The van der Waals surface area contributed by atoms with E-state index in [4.69, 9.17) is 21.1 Å². The van der Waals surface area contributed by atoms with E-state index in [1.54, 1.807) is 0 Å². The van der Waals surface area contributed by atoms with Crippen LogP contribution in [-0.4, -0.2) is 18.3 Å². The van der Waals surface area contributed by atoms with Crippen molar-refractivity contribution >= 4 is 30.0 Å². The first-order valence-corrected chi connectivity index (χ1v) is 6.06. The zero-order valence-electron chi connectivity index (χ0n) is 10.6. The van der Waals surface area contributed by atoms with Crippen LogP contribution in [0.3, 0.4) is 0 Å². The standard InChI is InChI=1S/C12H17BClNO2/c1-11(2)12(3,4)17-13(16-11)9-5-7-10(15-14)8-6-9/h5-8,15H,1-4H3. The van der Waals surface area contributed by atoms with E-state index in [2.05, 4.69) is 4.84 Å². The predicted molar refractivity (Wildman–Crippen MR) is 71.6 cm³/mol. The lowest BCUT2D eigenvalue weighted by Gasteiger charge is -2.32. The second-order valence-corrected chi connectivity index (χ2v) is 5.49. The van der Waals surface area contributed by atoms with Crippen LogP contribution in [0.2, 0.25) is 0 Å². The van der Waals surface area contributed by atoms with Gasteiger partial charge in [0.2, 0.25) is 0 Å². The molecular formula is C12H17BClNO2. The van der Waals surface area contributed by atoms with Gasteiger partial charge in [-0.3, -0.25) is 4.84 Å². The highest BCUT2D eigenvalue weighted by Gasteiger charge is 2.51. The van der Waals surface area contributed by atoms with Gasteiger partial charge in [0.25, 0.3) is 0 Å². The molecule has 1 fully saturated rings. The fourth-order valence-electron chi connectivity index (χ4n) is 1.68. The summed E-state index contributed by atoms with van der Waals surface area (Å²) in [5.74, 6) is 0. The zero-order chi connectivity index (χ0) is 12.7. The van der Waals surface area contributed by atoms with Gasteiger partial charge in [-0.05, 0) is 45.3 Å². The van der Waals surface area contributed by atoms with Crippen molar-refractivity contribution in [1.82, 2.24) is 0 Å². The second kappa shape index (κ2) is 4.20. The molecule has 1 N–H and O–H groups in total. The first-order valence-electron chi connectivity index (χ1n) is 5.68. The summed E-state index contributed by atoms with van der Waals surface area (Å²) in [6.07, 6.45) is 0. The Morgan fingerprint density at radius 1 is 1.00 bits per heavy atom. The van der Waals surface area contributed by atoms with Crippen molar-refractivity contribution in [3.63, 3.8) is 0 Å². The normalized spacial score (nSPS) is 21.6. The fraction of sp³-hybridized carbons (Fsp3) is 0.500. The molecular weight excluding hydrogens is 236 g/mol. The molecule has 0 aromatic heterocycles. The summed E-state index contributed by atoms with van der Waals surface area (Å²) in [7, 11) is -0.315. The van der Waals surface area contributed by atoms with E-state index in [1.807, 2.05) is 52.0 Å². The maximum absolute atomic E-state index is 5.95. The van der Waals surface area contributed by atoms with Crippen LogP contribution in [0.5, 0.6) is 0 Å². The van der Waals surface area contributed by atoms with Crippen LogP contribution < -0.4 is 10.3 Å². The van der Waals surface area contributed by atoms with Gasteiger partial charge in [-0.1, -0.05) is 12.1 Å². The Morgan fingerprint density at radius 2 is 1.47 bits per heavy atom. The topological polar surface area (TPSA) is 30.5 Å². The number of benzene rings is 1. The molecule has 0 saturated carbocycles. The molecule has 1 aliphatic heterocycles. The second-order valence-electron chi connectivity index (χ2n) is 5.30. The van der Waals surface area contributed by atoms with Gasteiger partial charge in [0.1, 0.15) is 0 Å². The molecule has 1 aromatic carbocycles. The number of hydrogen-bond acceptors (Lipinski definition) is 3. The molecule has 1 aliphatic rings. The van der Waals surface area contributed by atoms with E-state index in [-0.39, 0.29) is 18.3 Å². The van der Waals surface area contributed by atoms with Crippen LogP contribution in [0.4, 0.5) is 5.69 Å². The Bertz CT molecular complexity index is 389. The van der Waals surface area contributed by atoms with E-state index < -0.39 is 0 Å². The molecule has 1 heterocycles. The van der Waals surface area contributed by atoms with Crippen LogP contribution in [0.25, 0.3) is 0 Å². The summed E-state index contributed by atoms with van der Waals surface area (Å²) in [5.41, 5.74) is 1.24. The first-order chi connectivity index (χ1) is 7.86. The molecule has 0 bridgehead atoms. The molecule has 5 heteroatoms. The van der Waals surface area contributed by atoms with Crippen LogP contribution in [0.1, 0.15) is 27.7 Å². The summed E-state index contributed by atoms with van der Waals surface area (Å²) in [4.78, 5) is 2.57. The number of hydrogen-bond donors (Lipinski definition) is 1. The Balaban J connectivity index is 2.20. The van der Waals surface area contributed by atoms with Crippen molar-refractivity contribution in [1.29, 1.82) is 0 Å². The van der Waals surface area contributed by atoms with Crippen LogP contribution in [-0.2, 0) is 9.31 Å². The molecule has 0 spiro atoms. The van der Waals surface area contributed by atoms with Gasteiger partial charge in [-0.15, -0.1) is 0 Å². The summed E-state index contributed by atoms with van der Waals surface area (Å²) < 4.78 is 11.9. The minimum atomic E-state index is -0.315. The fourth-order valence-corrected chi connectivity index (χ4v) is 1.81. The van der Waals surface area contributed by atoms with Crippen molar-refractivity contribution in [3.05, 3.63) is 24.3 Å². The maximum Gasteiger partial charge on any atom is 0.494 e. The summed E-state index contributed by atoms with van der Waals surface area (Å²) in [5, 5.41) is 0. The highest BCUT2D eigenvalue weighted by molar-refractivity contribution is 6.62. The van der Waals surface area contributed by atoms with Crippen molar-refractivity contribution in [2.24, 2.45) is 0 Å². The molecule has 17 heavy (non-hydrogen) atoms. The molecule has 0 radical (unpaired) electrons. The van der Waals surface area contributed by atoms with Gasteiger partial charge in [-0.25, -0.2) is 0 Å². The van der Waals surface area contributed by atoms with Gasteiger partial charge in [-0.2, -0.15) is 0 Å². The van der Waals surface area contributed by atoms with E-state index in [0.29, 0.717) is 0 Å². The van der Waals surface area contributed by atoms with Gasteiger partial charge in [0.15, 0.2) is 0 Å². The van der Waals surface area contributed by atoms with Crippen LogP contribution >= 0.6 is 11.8 Å². The Morgan fingerprint density at radius 3 is 1.88 bits per heavy atom. The van der Waals surface area contributed by atoms with Crippen LogP contribution in [0, 0.1) is 0 Å². The Hall–Kier alpha value is -0.705. The highest BCUT2D eigenvalue weighted by Crippen LogP contribution is 2.36. The first kappa shape index (κ1) is 12.7. The predicted octanol–water partition coefficient (Wildman–Crippen LogP) is 2.55. The lowest BCUT2D eigenvalue weighted by molar-refractivity contribution is 0.00578. The minimum absolute atomic E-state index is 0.304. The van der Waals surface area contributed by atoms with Gasteiger partial charge in [0.05, 0.1) is 11.2 Å². The average molecular weight is 254 g/mol. The molecule has 0 atom stereocenters. The molecule has 0 unspecified atom stereocenters. The third-order valence-corrected chi connectivity index (χ3v) is 3.76. The van der Waals surface area contributed by atoms with Crippen LogP contribution in [0.15, 0.2) is 24.3 Å². The van der Waals surface area contributed by atoms with Crippen molar-refractivity contribution in [2.75, 3.05) is 4.84 Å². The number of anilines is 1. The molecule has 0 amide bonds. The maximum atomic E-state index is 5.95. The third kappa shape index (κ3) is 2.30. The molecule has 0 aliphatic carbocycles. The smallest absolute Gasteiger partial charge is 0.399 e. The Kier molecular flexibility index (Phi) is 3.14. The van der Waals surface area contributed by atoms with Gasteiger partial charge in [0, 0.05) is 17.5 Å². The van der Waals surface area contributed by atoms with Gasteiger partial charge < -0.3 is 9.31 Å². The molecule has 92 valence electrons. The van der Waals surface area contributed by atoms with Gasteiger partial charge >= 0.3 is 7.12 Å². The monoisotopic (exact) mass is 253 g/mol. The minimum Gasteiger partial charge on any atom is -0.399 e. The lowest BCUT2D eigenvalue weighted by Crippen LogP contribution is -2.41. The number of rotatable bonds is 2. The van der Waals surface area contributed by atoms with Crippen molar-refractivity contribution in [2.45, 2.75) is 38.9 Å². The SMILES string of the molecule is CC1(C)OB(c2ccc(NCl)cc2)OC1(C)C. The Labute approximate surface area is 108 Å². The third-order valence-electron chi connectivity index (χ3n) is 3.55. The van der Waals surface area contributed by atoms with E-state index in [0.717, 1.165) is 11.2 Å².